The van der Waals surface area contributed by atoms with Crippen LogP contribution in [0.4, 0.5) is 10.1 Å². The van der Waals surface area contributed by atoms with Gasteiger partial charge in [0.05, 0.1) is 23.7 Å². The molecule has 2 heterocycles. The van der Waals surface area contributed by atoms with Crippen LogP contribution in [0.5, 0.6) is 0 Å². The molecular weight excluding hydrogens is 435 g/mol. The summed E-state index contributed by atoms with van der Waals surface area (Å²) in [7, 11) is -3.65. The number of sulfonamides is 1. The van der Waals surface area contributed by atoms with E-state index in [1.54, 1.807) is 42.5 Å². The van der Waals surface area contributed by atoms with Gasteiger partial charge in [-0.15, -0.1) is 0 Å². The highest BCUT2D eigenvalue weighted by atomic mass is 32.2. The van der Waals surface area contributed by atoms with Gasteiger partial charge in [-0.1, -0.05) is 18.2 Å². The molecule has 0 atom stereocenters. The van der Waals surface area contributed by atoms with Crippen LogP contribution in [-0.4, -0.2) is 44.9 Å². The minimum absolute atomic E-state index is 0.123. The Morgan fingerprint density at radius 3 is 2.59 bits per heavy atom. The van der Waals surface area contributed by atoms with Gasteiger partial charge in [-0.25, -0.2) is 12.8 Å². The third kappa shape index (κ3) is 5.07. The molecular formula is C23H23FN2O5S. The Morgan fingerprint density at radius 2 is 1.81 bits per heavy atom. The number of hydrogen-bond donors (Lipinski definition) is 1. The molecule has 0 unspecified atom stereocenters. The molecule has 1 aliphatic heterocycles. The van der Waals surface area contributed by atoms with E-state index < -0.39 is 10.0 Å². The summed E-state index contributed by atoms with van der Waals surface area (Å²) >= 11 is 0. The molecule has 1 amide bonds. The van der Waals surface area contributed by atoms with Crippen molar-refractivity contribution in [3.05, 3.63) is 72.2 Å². The van der Waals surface area contributed by atoms with E-state index in [1.165, 1.54) is 22.5 Å². The highest BCUT2D eigenvalue weighted by Gasteiger charge is 2.26. The molecule has 7 nitrogen and oxygen atoms in total. The van der Waals surface area contributed by atoms with E-state index in [1.807, 2.05) is 0 Å². The Kier molecular flexibility index (Phi) is 6.69. The molecule has 0 spiro atoms. The molecule has 1 N–H and O–H groups in total. The van der Waals surface area contributed by atoms with E-state index in [9.17, 15) is 17.6 Å². The fourth-order valence-electron chi connectivity index (χ4n) is 3.45. The number of rotatable bonds is 7. The topological polar surface area (TPSA) is 88.8 Å². The van der Waals surface area contributed by atoms with E-state index >= 15 is 0 Å². The van der Waals surface area contributed by atoms with Gasteiger partial charge in [-0.3, -0.25) is 4.79 Å². The molecule has 2 aromatic carbocycles. The van der Waals surface area contributed by atoms with Crippen molar-refractivity contribution in [1.82, 2.24) is 4.31 Å². The molecule has 0 bridgehead atoms. The third-order valence-corrected chi connectivity index (χ3v) is 7.02. The van der Waals surface area contributed by atoms with E-state index in [0.717, 1.165) is 0 Å². The molecule has 3 aromatic rings. The third-order valence-electron chi connectivity index (χ3n) is 5.13. The zero-order valence-corrected chi connectivity index (χ0v) is 18.1. The van der Waals surface area contributed by atoms with Gasteiger partial charge < -0.3 is 14.5 Å². The smallest absolute Gasteiger partial charge is 0.243 e. The average molecular weight is 459 g/mol. The van der Waals surface area contributed by atoms with Crippen LogP contribution in [0.3, 0.4) is 0 Å². The number of hydrogen-bond acceptors (Lipinski definition) is 5. The number of halogens is 1. The number of amides is 1. The maximum absolute atomic E-state index is 13.9. The lowest BCUT2D eigenvalue weighted by Crippen LogP contribution is -2.40. The van der Waals surface area contributed by atoms with Gasteiger partial charge in [0.1, 0.15) is 17.3 Å². The number of anilines is 1. The zero-order valence-electron chi connectivity index (χ0n) is 17.3. The minimum Gasteiger partial charge on any atom is -0.461 e. The van der Waals surface area contributed by atoms with Crippen molar-refractivity contribution < 1.29 is 26.8 Å². The Labute approximate surface area is 185 Å². The van der Waals surface area contributed by atoms with Crippen LogP contribution in [0.1, 0.15) is 12.2 Å². The first-order valence-corrected chi connectivity index (χ1v) is 11.7. The fourth-order valence-corrected chi connectivity index (χ4v) is 4.90. The van der Waals surface area contributed by atoms with E-state index in [0.29, 0.717) is 55.5 Å². The van der Waals surface area contributed by atoms with Crippen molar-refractivity contribution in [3.63, 3.8) is 0 Å². The number of furan rings is 1. The largest absolute Gasteiger partial charge is 0.461 e. The molecule has 9 heteroatoms. The van der Waals surface area contributed by atoms with Crippen molar-refractivity contribution >= 4 is 21.6 Å². The standard InChI is InChI=1S/C23H23FN2O5S/c24-21-7-2-1-6-20(21)22-10-8-18(31-22)9-11-23(27)25-17-4-3-5-19(16-17)32(28,29)26-12-14-30-15-13-26/h1-8,10,16H,9,11-15H2,(H,25,27). The summed E-state index contributed by atoms with van der Waals surface area (Å²) in [6, 6.07) is 15.9. The van der Waals surface area contributed by atoms with Crippen LogP contribution >= 0.6 is 0 Å². The summed E-state index contributed by atoms with van der Waals surface area (Å²) < 4.78 is 51.8. The van der Waals surface area contributed by atoms with Gasteiger partial charge >= 0.3 is 0 Å². The first-order valence-electron chi connectivity index (χ1n) is 10.2. The number of aryl methyl sites for hydroxylation is 1. The van der Waals surface area contributed by atoms with Crippen molar-refractivity contribution in [2.45, 2.75) is 17.7 Å². The molecule has 0 aliphatic carbocycles. The summed E-state index contributed by atoms with van der Waals surface area (Å²) in [6.07, 6.45) is 0.455. The van der Waals surface area contributed by atoms with E-state index in [4.69, 9.17) is 9.15 Å². The number of nitrogens with zero attached hydrogens (tertiary/aromatic N) is 1. The van der Waals surface area contributed by atoms with Gasteiger partial charge in [-0.2, -0.15) is 4.31 Å². The summed E-state index contributed by atoms with van der Waals surface area (Å²) in [5.74, 6) is 0.300. The van der Waals surface area contributed by atoms with Crippen molar-refractivity contribution in [2.24, 2.45) is 0 Å². The van der Waals surface area contributed by atoms with Gasteiger partial charge in [0, 0.05) is 31.6 Å². The SMILES string of the molecule is O=C(CCc1ccc(-c2ccccc2F)o1)Nc1cccc(S(=O)(=O)N2CCOCC2)c1. The maximum Gasteiger partial charge on any atom is 0.243 e. The number of nitrogens with one attached hydrogen (secondary N) is 1. The molecule has 168 valence electrons. The highest BCUT2D eigenvalue weighted by Crippen LogP contribution is 2.25. The Hall–Kier alpha value is -3.01. The predicted molar refractivity (Wildman–Crippen MR) is 117 cm³/mol. The Bertz CT molecular complexity index is 1200. The van der Waals surface area contributed by atoms with Crippen molar-refractivity contribution in [2.75, 3.05) is 31.6 Å². The van der Waals surface area contributed by atoms with Crippen LogP contribution < -0.4 is 5.32 Å². The van der Waals surface area contributed by atoms with E-state index in [-0.39, 0.29) is 23.0 Å². The lowest BCUT2D eigenvalue weighted by atomic mass is 10.1. The summed E-state index contributed by atoms with van der Waals surface area (Å²) in [4.78, 5) is 12.5. The normalized spacial score (nSPS) is 14.9. The van der Waals surface area contributed by atoms with E-state index in [2.05, 4.69) is 5.32 Å². The first-order chi connectivity index (χ1) is 15.4. The Balaban J connectivity index is 1.37. The van der Waals surface area contributed by atoms with Crippen LogP contribution in [0.25, 0.3) is 11.3 Å². The van der Waals surface area contributed by atoms with Gasteiger partial charge in [0.2, 0.25) is 15.9 Å². The molecule has 1 aliphatic rings. The molecule has 32 heavy (non-hydrogen) atoms. The van der Waals surface area contributed by atoms with Gasteiger partial charge in [0.15, 0.2) is 0 Å². The number of benzene rings is 2. The van der Waals surface area contributed by atoms with Crippen LogP contribution in [0.2, 0.25) is 0 Å². The second kappa shape index (κ2) is 9.64. The summed E-state index contributed by atoms with van der Waals surface area (Å²) in [5, 5.41) is 2.73. The number of carbonyl (C=O) groups is 1. The van der Waals surface area contributed by atoms with Crippen molar-refractivity contribution in [1.29, 1.82) is 0 Å². The quantitative estimate of drug-likeness (QED) is 0.584. The monoisotopic (exact) mass is 458 g/mol. The van der Waals surface area contributed by atoms with Crippen LogP contribution in [0.15, 0.2) is 70.0 Å². The van der Waals surface area contributed by atoms with Crippen molar-refractivity contribution in [3.8, 4) is 11.3 Å². The van der Waals surface area contributed by atoms with Gasteiger partial charge in [-0.05, 0) is 42.5 Å². The predicted octanol–water partition coefficient (Wildman–Crippen LogP) is 3.68. The number of carbonyl (C=O) groups excluding carboxylic acids is 1. The maximum atomic E-state index is 13.9. The molecule has 1 aromatic heterocycles. The van der Waals surface area contributed by atoms with Crippen LogP contribution in [0, 0.1) is 5.82 Å². The van der Waals surface area contributed by atoms with Gasteiger partial charge in [0.25, 0.3) is 0 Å². The summed E-state index contributed by atoms with van der Waals surface area (Å²) in [6.45, 7) is 1.33. The first kappa shape index (κ1) is 22.2. The Morgan fingerprint density at radius 1 is 1.03 bits per heavy atom. The fraction of sp³-hybridized carbons (Fsp3) is 0.261. The number of ether oxygens (including phenoxy) is 1. The summed E-state index contributed by atoms with van der Waals surface area (Å²) in [5.41, 5.74) is 0.761. The molecule has 1 saturated heterocycles. The second-order valence-corrected chi connectivity index (χ2v) is 9.28. The average Bonchev–Trinajstić information content (AvgIpc) is 3.28. The lowest BCUT2D eigenvalue weighted by Gasteiger charge is -2.26. The highest BCUT2D eigenvalue weighted by molar-refractivity contribution is 7.89. The molecule has 4 rings (SSSR count). The second-order valence-electron chi connectivity index (χ2n) is 7.34. The van der Waals surface area contributed by atoms with Crippen LogP contribution in [-0.2, 0) is 26.0 Å². The lowest BCUT2D eigenvalue weighted by molar-refractivity contribution is -0.116. The molecule has 0 radical (unpaired) electrons. The number of morpholine rings is 1. The zero-order chi connectivity index (χ0) is 22.6. The minimum atomic E-state index is -3.65. The molecule has 1 fully saturated rings. The molecule has 0 saturated carbocycles.